The van der Waals surface area contributed by atoms with Crippen molar-refractivity contribution >= 4 is 27.5 Å². The Labute approximate surface area is 193 Å². The van der Waals surface area contributed by atoms with Gasteiger partial charge in [0, 0.05) is 13.6 Å². The van der Waals surface area contributed by atoms with Gasteiger partial charge in [-0.15, -0.1) is 0 Å². The summed E-state index contributed by atoms with van der Waals surface area (Å²) in [6.07, 6.45) is 0. The van der Waals surface area contributed by atoms with Gasteiger partial charge in [0.2, 0.25) is 15.9 Å². The second-order valence-corrected chi connectivity index (χ2v) is 9.24. The second-order valence-electron chi connectivity index (χ2n) is 7.20. The van der Waals surface area contributed by atoms with E-state index in [9.17, 15) is 18.0 Å². The summed E-state index contributed by atoms with van der Waals surface area (Å²) in [7, 11) is -1.08. The normalized spacial score (nSPS) is 11.1. The highest BCUT2D eigenvalue weighted by Crippen LogP contribution is 2.19. The molecule has 9 heteroatoms. The molecule has 0 unspecified atom stereocenters. The summed E-state index contributed by atoms with van der Waals surface area (Å²) < 4.78 is 31.5. The van der Waals surface area contributed by atoms with Crippen molar-refractivity contribution in [2.75, 3.05) is 26.0 Å². The van der Waals surface area contributed by atoms with Crippen molar-refractivity contribution in [1.29, 1.82) is 0 Å². The molecule has 3 aromatic carbocycles. The summed E-state index contributed by atoms with van der Waals surface area (Å²) >= 11 is 0. The Balaban J connectivity index is 1.65. The fourth-order valence-electron chi connectivity index (χ4n) is 3.07. The van der Waals surface area contributed by atoms with Crippen molar-refractivity contribution < 1.29 is 22.7 Å². The standard InChI is InChI=1S/C24H25N3O5S/c1-27(33(30,31)20-14-12-19(32-2)13-15-20)17-23(28)26-22-11-7-6-10-21(22)24(29)25-16-18-8-4-3-5-9-18/h3-15H,16-17H2,1-2H3,(H,25,29)(H,26,28). The number of benzene rings is 3. The van der Waals surface area contributed by atoms with Crippen LogP contribution in [0.2, 0.25) is 0 Å². The van der Waals surface area contributed by atoms with Gasteiger partial charge in [-0.1, -0.05) is 42.5 Å². The maximum absolute atomic E-state index is 12.8. The first kappa shape index (κ1) is 24.0. The fourth-order valence-corrected chi connectivity index (χ4v) is 4.20. The van der Waals surface area contributed by atoms with Crippen molar-refractivity contribution in [2.45, 2.75) is 11.4 Å². The molecule has 0 atom stereocenters. The topological polar surface area (TPSA) is 105 Å². The molecule has 2 N–H and O–H groups in total. The minimum Gasteiger partial charge on any atom is -0.497 e. The van der Waals surface area contributed by atoms with E-state index in [1.807, 2.05) is 30.3 Å². The Morgan fingerprint density at radius 1 is 0.909 bits per heavy atom. The smallest absolute Gasteiger partial charge is 0.253 e. The molecule has 0 saturated heterocycles. The van der Waals surface area contributed by atoms with Crippen molar-refractivity contribution in [3.05, 3.63) is 90.0 Å². The lowest BCUT2D eigenvalue weighted by molar-refractivity contribution is -0.116. The van der Waals surface area contributed by atoms with E-state index in [4.69, 9.17) is 4.74 Å². The average molecular weight is 468 g/mol. The summed E-state index contributed by atoms with van der Waals surface area (Å²) in [4.78, 5) is 25.3. The van der Waals surface area contributed by atoms with E-state index in [-0.39, 0.29) is 16.4 Å². The molecule has 0 aromatic heterocycles. The van der Waals surface area contributed by atoms with Gasteiger partial charge in [0.15, 0.2) is 0 Å². The first-order chi connectivity index (χ1) is 15.8. The van der Waals surface area contributed by atoms with E-state index in [2.05, 4.69) is 10.6 Å². The summed E-state index contributed by atoms with van der Waals surface area (Å²) in [5, 5.41) is 5.45. The van der Waals surface area contributed by atoms with E-state index in [1.165, 1.54) is 38.4 Å². The molecule has 0 saturated carbocycles. The van der Waals surface area contributed by atoms with Crippen molar-refractivity contribution in [3.63, 3.8) is 0 Å². The predicted octanol–water partition coefficient (Wildman–Crippen LogP) is 2.88. The van der Waals surface area contributed by atoms with Crippen LogP contribution < -0.4 is 15.4 Å². The quantitative estimate of drug-likeness (QED) is 0.504. The summed E-state index contributed by atoms with van der Waals surface area (Å²) in [6.45, 7) is -0.0842. The van der Waals surface area contributed by atoms with Gasteiger partial charge in [0.1, 0.15) is 5.75 Å². The molecule has 8 nitrogen and oxygen atoms in total. The Hall–Kier alpha value is -3.69. The Morgan fingerprint density at radius 3 is 2.21 bits per heavy atom. The fraction of sp³-hybridized carbons (Fsp3) is 0.167. The number of ether oxygens (including phenoxy) is 1. The zero-order valence-electron chi connectivity index (χ0n) is 18.3. The van der Waals surface area contributed by atoms with Gasteiger partial charge in [-0.25, -0.2) is 8.42 Å². The van der Waals surface area contributed by atoms with E-state index in [0.717, 1.165) is 9.87 Å². The van der Waals surface area contributed by atoms with Gasteiger partial charge in [-0.3, -0.25) is 9.59 Å². The first-order valence-corrected chi connectivity index (χ1v) is 11.6. The zero-order chi connectivity index (χ0) is 23.8. The van der Waals surface area contributed by atoms with Gasteiger partial charge in [-0.2, -0.15) is 4.31 Å². The largest absolute Gasteiger partial charge is 0.497 e. The van der Waals surface area contributed by atoms with Crippen LogP contribution >= 0.6 is 0 Å². The van der Waals surface area contributed by atoms with E-state index < -0.39 is 22.5 Å². The SMILES string of the molecule is COc1ccc(S(=O)(=O)N(C)CC(=O)Nc2ccccc2C(=O)NCc2ccccc2)cc1. The highest BCUT2D eigenvalue weighted by molar-refractivity contribution is 7.89. The second kappa shape index (κ2) is 10.8. The molecular weight excluding hydrogens is 442 g/mol. The van der Waals surface area contributed by atoms with E-state index in [1.54, 1.807) is 24.3 Å². The van der Waals surface area contributed by atoms with Gasteiger partial charge in [0.05, 0.1) is 29.8 Å². The van der Waals surface area contributed by atoms with Crippen LogP contribution in [0.25, 0.3) is 0 Å². The van der Waals surface area contributed by atoms with Gasteiger partial charge < -0.3 is 15.4 Å². The lowest BCUT2D eigenvalue weighted by Crippen LogP contribution is -2.35. The third-order valence-corrected chi connectivity index (χ3v) is 6.69. The summed E-state index contributed by atoms with van der Waals surface area (Å²) in [5.74, 6) is -0.400. The first-order valence-electron chi connectivity index (χ1n) is 10.1. The number of nitrogens with zero attached hydrogens (tertiary/aromatic N) is 1. The van der Waals surface area contributed by atoms with Crippen LogP contribution in [0, 0.1) is 0 Å². The van der Waals surface area contributed by atoms with Crippen LogP contribution in [0.5, 0.6) is 5.75 Å². The number of nitrogens with one attached hydrogen (secondary N) is 2. The van der Waals surface area contributed by atoms with Gasteiger partial charge in [0.25, 0.3) is 5.91 Å². The lowest BCUT2D eigenvalue weighted by atomic mass is 10.1. The average Bonchev–Trinajstić information content (AvgIpc) is 2.83. The molecule has 33 heavy (non-hydrogen) atoms. The minimum atomic E-state index is -3.88. The van der Waals surface area contributed by atoms with Crippen LogP contribution in [0.4, 0.5) is 5.69 Å². The van der Waals surface area contributed by atoms with Crippen molar-refractivity contribution in [1.82, 2.24) is 9.62 Å². The van der Waals surface area contributed by atoms with E-state index >= 15 is 0 Å². The Morgan fingerprint density at radius 2 is 1.55 bits per heavy atom. The van der Waals surface area contributed by atoms with Crippen LogP contribution in [0.15, 0.2) is 83.8 Å². The number of sulfonamides is 1. The third kappa shape index (κ3) is 6.18. The Bertz CT molecular complexity index is 1210. The number of rotatable bonds is 9. The minimum absolute atomic E-state index is 0.0410. The zero-order valence-corrected chi connectivity index (χ0v) is 19.1. The number of anilines is 1. The molecule has 0 aliphatic rings. The number of likely N-dealkylation sites (N-methyl/N-ethyl adjacent to an activating group) is 1. The number of carbonyl (C=O) groups is 2. The van der Waals surface area contributed by atoms with Gasteiger partial charge >= 0.3 is 0 Å². The molecule has 0 radical (unpaired) electrons. The molecule has 3 aromatic rings. The number of hydrogen-bond acceptors (Lipinski definition) is 5. The van der Waals surface area contributed by atoms with Crippen LogP contribution in [0.3, 0.4) is 0 Å². The number of amides is 2. The van der Waals surface area contributed by atoms with Crippen LogP contribution in [-0.4, -0.2) is 45.2 Å². The molecule has 3 rings (SSSR count). The monoisotopic (exact) mass is 467 g/mol. The number of para-hydroxylation sites is 1. The predicted molar refractivity (Wildman–Crippen MR) is 125 cm³/mol. The molecule has 0 spiro atoms. The van der Waals surface area contributed by atoms with Crippen LogP contribution in [0.1, 0.15) is 15.9 Å². The Kier molecular flexibility index (Phi) is 7.81. The molecule has 172 valence electrons. The molecule has 0 aliphatic heterocycles. The number of hydrogen-bond donors (Lipinski definition) is 2. The number of carbonyl (C=O) groups excluding carboxylic acids is 2. The summed E-state index contributed by atoms with van der Waals surface area (Å²) in [5.41, 5.74) is 1.52. The van der Waals surface area contributed by atoms with Crippen molar-refractivity contribution in [2.24, 2.45) is 0 Å². The van der Waals surface area contributed by atoms with Gasteiger partial charge in [-0.05, 0) is 42.0 Å². The molecule has 0 aliphatic carbocycles. The summed E-state index contributed by atoms with van der Waals surface area (Å²) in [6, 6.07) is 21.9. The lowest BCUT2D eigenvalue weighted by Gasteiger charge is -2.18. The maximum atomic E-state index is 12.8. The molecular formula is C24H25N3O5S. The molecule has 0 bridgehead atoms. The highest BCUT2D eigenvalue weighted by Gasteiger charge is 2.23. The molecule has 2 amide bonds. The number of methoxy groups -OCH3 is 1. The third-order valence-electron chi connectivity index (χ3n) is 4.88. The van der Waals surface area contributed by atoms with Crippen molar-refractivity contribution in [3.8, 4) is 5.75 Å². The highest BCUT2D eigenvalue weighted by atomic mass is 32.2. The van der Waals surface area contributed by atoms with Crippen LogP contribution in [-0.2, 0) is 21.4 Å². The maximum Gasteiger partial charge on any atom is 0.253 e. The van der Waals surface area contributed by atoms with E-state index in [0.29, 0.717) is 18.0 Å². The molecule has 0 fully saturated rings. The molecule has 0 heterocycles.